The summed E-state index contributed by atoms with van der Waals surface area (Å²) in [6, 6.07) is 13.7. The van der Waals surface area contributed by atoms with Gasteiger partial charge in [0.2, 0.25) is 0 Å². The largest absolute Gasteiger partial charge is 0.497 e. The molecule has 0 spiro atoms. The number of methoxy groups -OCH3 is 1. The quantitative estimate of drug-likeness (QED) is 0.875. The fourth-order valence-electron chi connectivity index (χ4n) is 1.74. The van der Waals surface area contributed by atoms with Crippen LogP contribution in [0.25, 0.3) is 0 Å². The Morgan fingerprint density at radius 2 is 1.72 bits per heavy atom. The summed E-state index contributed by atoms with van der Waals surface area (Å²) in [5, 5.41) is 0. The van der Waals surface area contributed by atoms with E-state index in [4.69, 9.17) is 10.5 Å². The summed E-state index contributed by atoms with van der Waals surface area (Å²) in [5.74, 6) is 0.814. The van der Waals surface area contributed by atoms with Crippen LogP contribution < -0.4 is 10.5 Å². The third-order valence-electron chi connectivity index (χ3n) is 2.77. The van der Waals surface area contributed by atoms with E-state index < -0.39 is 0 Å². The van der Waals surface area contributed by atoms with Crippen molar-refractivity contribution in [3.63, 3.8) is 0 Å². The second-order valence-electron chi connectivity index (χ2n) is 3.92. The maximum Gasteiger partial charge on any atom is 0.120 e. The van der Waals surface area contributed by atoms with Crippen LogP contribution in [0.2, 0.25) is 0 Å². The monoisotopic (exact) mass is 369 g/mol. The minimum absolute atomic E-state index is 0.154. The minimum Gasteiger partial charge on any atom is -0.497 e. The predicted octanol–water partition coefficient (Wildman–Crippen LogP) is 4.27. The molecule has 0 aromatic heterocycles. The molecule has 0 heterocycles. The highest BCUT2D eigenvalue weighted by Crippen LogP contribution is 2.30. The molecule has 0 fully saturated rings. The van der Waals surface area contributed by atoms with Crippen molar-refractivity contribution >= 4 is 31.9 Å². The maximum absolute atomic E-state index is 6.27. The Hall–Kier alpha value is -0.840. The van der Waals surface area contributed by atoms with E-state index in [1.165, 1.54) is 0 Å². The molecule has 0 aliphatic heterocycles. The molecule has 0 radical (unpaired) electrons. The van der Waals surface area contributed by atoms with E-state index in [9.17, 15) is 0 Å². The van der Waals surface area contributed by atoms with Gasteiger partial charge in [0, 0.05) is 8.95 Å². The molecule has 0 amide bonds. The summed E-state index contributed by atoms with van der Waals surface area (Å²) in [6.45, 7) is 0. The van der Waals surface area contributed by atoms with Crippen molar-refractivity contribution in [2.45, 2.75) is 6.04 Å². The Morgan fingerprint density at radius 1 is 1.06 bits per heavy atom. The third kappa shape index (κ3) is 2.94. The lowest BCUT2D eigenvalue weighted by Gasteiger charge is -2.15. The molecule has 0 saturated carbocycles. The second-order valence-corrected chi connectivity index (χ2v) is 5.69. The van der Waals surface area contributed by atoms with Gasteiger partial charge in [0.15, 0.2) is 0 Å². The first-order valence-corrected chi connectivity index (χ1v) is 7.05. The molecule has 2 aromatic rings. The molecule has 0 aliphatic rings. The molecule has 2 aromatic carbocycles. The zero-order chi connectivity index (χ0) is 13.1. The first kappa shape index (κ1) is 13.6. The van der Waals surface area contributed by atoms with E-state index in [1.54, 1.807) is 7.11 Å². The van der Waals surface area contributed by atoms with Gasteiger partial charge in [-0.2, -0.15) is 0 Å². The second kappa shape index (κ2) is 5.87. The summed E-state index contributed by atoms with van der Waals surface area (Å²) >= 11 is 6.95. The number of hydrogen-bond acceptors (Lipinski definition) is 2. The summed E-state index contributed by atoms with van der Waals surface area (Å²) in [5.41, 5.74) is 8.39. The van der Waals surface area contributed by atoms with Gasteiger partial charge in [-0.25, -0.2) is 0 Å². The van der Waals surface area contributed by atoms with Crippen LogP contribution >= 0.6 is 31.9 Å². The Morgan fingerprint density at radius 3 is 2.28 bits per heavy atom. The van der Waals surface area contributed by atoms with Crippen molar-refractivity contribution < 1.29 is 4.74 Å². The van der Waals surface area contributed by atoms with E-state index in [-0.39, 0.29) is 6.04 Å². The van der Waals surface area contributed by atoms with E-state index in [2.05, 4.69) is 31.9 Å². The normalized spacial score (nSPS) is 12.2. The Kier molecular flexibility index (Phi) is 4.43. The SMILES string of the molecule is COc1ccc(C(N)c2ccc(Br)cc2)c(Br)c1. The Balaban J connectivity index is 2.33. The van der Waals surface area contributed by atoms with Gasteiger partial charge in [0.05, 0.1) is 13.2 Å². The summed E-state index contributed by atoms with van der Waals surface area (Å²) in [7, 11) is 1.65. The fourth-order valence-corrected chi connectivity index (χ4v) is 2.61. The van der Waals surface area contributed by atoms with Gasteiger partial charge in [-0.05, 0) is 35.4 Å². The first-order chi connectivity index (χ1) is 8.61. The van der Waals surface area contributed by atoms with Crippen molar-refractivity contribution in [3.05, 3.63) is 62.5 Å². The minimum atomic E-state index is -0.154. The van der Waals surface area contributed by atoms with Crippen molar-refractivity contribution in [1.82, 2.24) is 0 Å². The van der Waals surface area contributed by atoms with Crippen LogP contribution in [0.4, 0.5) is 0 Å². The summed E-state index contributed by atoms with van der Waals surface area (Å²) in [6.07, 6.45) is 0. The van der Waals surface area contributed by atoms with Gasteiger partial charge in [-0.15, -0.1) is 0 Å². The Labute approximate surface area is 123 Å². The standard InChI is InChI=1S/C14H13Br2NO/c1-18-11-6-7-12(13(16)8-11)14(17)9-2-4-10(15)5-3-9/h2-8,14H,17H2,1H3. The number of nitrogens with two attached hydrogens (primary N) is 1. The van der Waals surface area contributed by atoms with Crippen LogP contribution in [-0.2, 0) is 0 Å². The maximum atomic E-state index is 6.27. The van der Waals surface area contributed by atoms with Crippen LogP contribution in [0, 0.1) is 0 Å². The molecule has 1 atom stereocenters. The van der Waals surface area contributed by atoms with Crippen LogP contribution in [-0.4, -0.2) is 7.11 Å². The topological polar surface area (TPSA) is 35.2 Å². The lowest BCUT2D eigenvalue weighted by atomic mass is 10.00. The van der Waals surface area contributed by atoms with Crippen molar-refractivity contribution in [3.8, 4) is 5.75 Å². The number of halogens is 2. The molecule has 4 heteroatoms. The summed E-state index contributed by atoms with van der Waals surface area (Å²) in [4.78, 5) is 0. The average molecular weight is 371 g/mol. The van der Waals surface area contributed by atoms with E-state index in [0.29, 0.717) is 0 Å². The van der Waals surface area contributed by atoms with Crippen molar-refractivity contribution in [2.75, 3.05) is 7.11 Å². The van der Waals surface area contributed by atoms with Gasteiger partial charge in [0.25, 0.3) is 0 Å². The lowest BCUT2D eigenvalue weighted by Crippen LogP contribution is -2.12. The van der Waals surface area contributed by atoms with Crippen molar-refractivity contribution in [1.29, 1.82) is 0 Å². The van der Waals surface area contributed by atoms with Crippen LogP contribution in [0.15, 0.2) is 51.4 Å². The molecular formula is C14H13Br2NO. The molecule has 94 valence electrons. The van der Waals surface area contributed by atoms with Gasteiger partial charge in [-0.3, -0.25) is 0 Å². The van der Waals surface area contributed by atoms with Gasteiger partial charge in [-0.1, -0.05) is 50.1 Å². The van der Waals surface area contributed by atoms with Gasteiger partial charge < -0.3 is 10.5 Å². The molecule has 2 nitrogen and oxygen atoms in total. The van der Waals surface area contributed by atoms with Crippen LogP contribution in [0.3, 0.4) is 0 Å². The fraction of sp³-hybridized carbons (Fsp3) is 0.143. The van der Waals surface area contributed by atoms with Gasteiger partial charge in [0.1, 0.15) is 5.75 Å². The average Bonchev–Trinajstić information content (AvgIpc) is 2.38. The Bertz CT molecular complexity index is 540. The predicted molar refractivity (Wildman–Crippen MR) is 80.9 cm³/mol. The smallest absolute Gasteiger partial charge is 0.120 e. The number of hydrogen-bond donors (Lipinski definition) is 1. The van der Waals surface area contributed by atoms with E-state index in [0.717, 1.165) is 25.8 Å². The molecule has 0 saturated heterocycles. The third-order valence-corrected chi connectivity index (χ3v) is 3.99. The lowest BCUT2D eigenvalue weighted by molar-refractivity contribution is 0.414. The van der Waals surface area contributed by atoms with Crippen LogP contribution in [0.5, 0.6) is 5.75 Å². The van der Waals surface area contributed by atoms with E-state index >= 15 is 0 Å². The molecule has 1 unspecified atom stereocenters. The first-order valence-electron chi connectivity index (χ1n) is 5.46. The highest BCUT2D eigenvalue weighted by atomic mass is 79.9. The van der Waals surface area contributed by atoms with Crippen molar-refractivity contribution in [2.24, 2.45) is 5.73 Å². The van der Waals surface area contributed by atoms with Crippen LogP contribution in [0.1, 0.15) is 17.2 Å². The number of rotatable bonds is 3. The van der Waals surface area contributed by atoms with Gasteiger partial charge >= 0.3 is 0 Å². The molecule has 18 heavy (non-hydrogen) atoms. The molecule has 2 rings (SSSR count). The highest BCUT2D eigenvalue weighted by molar-refractivity contribution is 9.10. The highest BCUT2D eigenvalue weighted by Gasteiger charge is 2.12. The number of ether oxygens (including phenoxy) is 1. The molecular weight excluding hydrogens is 358 g/mol. The van der Waals surface area contributed by atoms with E-state index in [1.807, 2.05) is 42.5 Å². The molecule has 0 aliphatic carbocycles. The summed E-state index contributed by atoms with van der Waals surface area (Å²) < 4.78 is 7.18. The zero-order valence-corrected chi connectivity index (χ0v) is 13.0. The molecule has 2 N–H and O–H groups in total. The molecule has 0 bridgehead atoms. The zero-order valence-electron chi connectivity index (χ0n) is 9.86. The number of benzene rings is 2.